The topological polar surface area (TPSA) is 90.8 Å². The number of alkyl halides is 3. The van der Waals surface area contributed by atoms with Crippen molar-refractivity contribution in [2.75, 3.05) is 19.6 Å². The van der Waals surface area contributed by atoms with E-state index in [0.29, 0.717) is 12.8 Å². The van der Waals surface area contributed by atoms with Crippen LogP contribution in [0, 0.1) is 5.92 Å². The Morgan fingerprint density at radius 2 is 1.89 bits per heavy atom. The van der Waals surface area contributed by atoms with Crippen LogP contribution in [0.15, 0.2) is 18.3 Å². The summed E-state index contributed by atoms with van der Waals surface area (Å²) in [7, 11) is 0. The number of carbonyl (C=O) groups excluding carboxylic acids is 2. The number of piperidine rings is 1. The molecule has 1 N–H and O–H groups in total. The van der Waals surface area contributed by atoms with E-state index in [1.165, 1.54) is 15.9 Å². The average Bonchev–Trinajstić information content (AvgIpc) is 3.03. The van der Waals surface area contributed by atoms with E-state index in [4.69, 9.17) is 5.11 Å². The molecule has 0 saturated carbocycles. The summed E-state index contributed by atoms with van der Waals surface area (Å²) in [6, 6.07) is 2.18. The third-order valence-electron chi connectivity index (χ3n) is 5.01. The molecule has 0 aliphatic carbocycles. The minimum absolute atomic E-state index is 0.0426. The number of likely N-dealkylation sites (tertiary alicyclic amines) is 2. The van der Waals surface area contributed by atoms with Crippen molar-refractivity contribution >= 4 is 17.8 Å². The number of aliphatic carboxylic acids is 1. The maximum atomic E-state index is 13.1. The first-order chi connectivity index (χ1) is 12.7. The van der Waals surface area contributed by atoms with Crippen molar-refractivity contribution in [1.29, 1.82) is 0 Å². The van der Waals surface area contributed by atoms with Gasteiger partial charge in [-0.05, 0) is 25.0 Å². The molecular formula is C17H18F3N3O4. The minimum Gasteiger partial charge on any atom is -0.481 e. The van der Waals surface area contributed by atoms with Crippen LogP contribution in [0.3, 0.4) is 0 Å². The second-order valence-corrected chi connectivity index (χ2v) is 6.71. The number of hydrogen-bond acceptors (Lipinski definition) is 4. The molecule has 0 spiro atoms. The van der Waals surface area contributed by atoms with Crippen molar-refractivity contribution in [2.45, 2.75) is 31.5 Å². The van der Waals surface area contributed by atoms with Gasteiger partial charge in [0.25, 0.3) is 5.91 Å². The van der Waals surface area contributed by atoms with Crippen molar-refractivity contribution < 1.29 is 32.7 Å². The van der Waals surface area contributed by atoms with Gasteiger partial charge in [0.15, 0.2) is 5.69 Å². The summed E-state index contributed by atoms with van der Waals surface area (Å²) in [5, 5.41) is 9.05. The number of carbonyl (C=O) groups is 3. The first-order valence-electron chi connectivity index (χ1n) is 8.52. The molecule has 1 aromatic heterocycles. The zero-order chi connectivity index (χ0) is 19.8. The van der Waals surface area contributed by atoms with Gasteiger partial charge in [0.05, 0.1) is 11.5 Å². The minimum atomic E-state index is -4.72. The van der Waals surface area contributed by atoms with E-state index in [0.717, 1.165) is 12.3 Å². The summed E-state index contributed by atoms with van der Waals surface area (Å²) >= 11 is 0. The van der Waals surface area contributed by atoms with E-state index in [9.17, 15) is 27.6 Å². The zero-order valence-corrected chi connectivity index (χ0v) is 14.3. The lowest BCUT2D eigenvalue weighted by Gasteiger charge is -2.37. The van der Waals surface area contributed by atoms with Crippen molar-refractivity contribution in [1.82, 2.24) is 14.8 Å². The van der Waals surface area contributed by atoms with E-state index in [2.05, 4.69) is 4.98 Å². The fourth-order valence-corrected chi connectivity index (χ4v) is 3.60. The SMILES string of the molecule is O=C(O)C1CC(=O)N(C2CCN(C(=O)c3cccnc3C(F)(F)F)CC2)C1. The molecule has 2 aliphatic heterocycles. The smallest absolute Gasteiger partial charge is 0.434 e. The van der Waals surface area contributed by atoms with Crippen LogP contribution >= 0.6 is 0 Å². The largest absolute Gasteiger partial charge is 0.481 e. The fourth-order valence-electron chi connectivity index (χ4n) is 3.60. The Morgan fingerprint density at radius 3 is 2.44 bits per heavy atom. The number of halogens is 3. The number of nitrogens with zero attached hydrogens (tertiary/aromatic N) is 3. The monoisotopic (exact) mass is 385 g/mol. The Kier molecular flexibility index (Phi) is 5.07. The van der Waals surface area contributed by atoms with Crippen molar-refractivity contribution in [3.63, 3.8) is 0 Å². The molecule has 3 rings (SSSR count). The van der Waals surface area contributed by atoms with Gasteiger partial charge in [-0.1, -0.05) is 0 Å². The third kappa shape index (κ3) is 3.88. The van der Waals surface area contributed by atoms with Gasteiger partial charge in [-0.25, -0.2) is 0 Å². The number of carboxylic acid groups (broad SMARTS) is 1. The maximum Gasteiger partial charge on any atom is 0.434 e. The molecule has 146 valence electrons. The maximum absolute atomic E-state index is 13.1. The summed E-state index contributed by atoms with van der Waals surface area (Å²) < 4.78 is 39.2. The predicted molar refractivity (Wildman–Crippen MR) is 85.6 cm³/mol. The number of amides is 2. The van der Waals surface area contributed by atoms with Gasteiger partial charge in [0.1, 0.15) is 0 Å². The molecule has 2 fully saturated rings. The van der Waals surface area contributed by atoms with Crippen LogP contribution < -0.4 is 0 Å². The highest BCUT2D eigenvalue weighted by Crippen LogP contribution is 2.31. The van der Waals surface area contributed by atoms with Crippen LogP contribution in [-0.4, -0.2) is 63.4 Å². The number of hydrogen-bond donors (Lipinski definition) is 1. The Bertz CT molecular complexity index is 760. The molecule has 0 aromatic carbocycles. The summed E-state index contributed by atoms with van der Waals surface area (Å²) in [6.45, 7) is 0.516. The quantitative estimate of drug-likeness (QED) is 0.854. The van der Waals surface area contributed by atoms with Crippen LogP contribution in [0.4, 0.5) is 13.2 Å². The van der Waals surface area contributed by atoms with Gasteiger partial charge in [0.2, 0.25) is 5.91 Å². The summed E-state index contributed by atoms with van der Waals surface area (Å²) in [6.07, 6.45) is -2.99. The normalized spacial score (nSPS) is 21.6. The third-order valence-corrected chi connectivity index (χ3v) is 5.01. The van der Waals surface area contributed by atoms with E-state index in [1.54, 1.807) is 0 Å². The fraction of sp³-hybridized carbons (Fsp3) is 0.529. The first kappa shape index (κ1) is 19.1. The second kappa shape index (κ2) is 7.16. The Hall–Kier alpha value is -2.65. The van der Waals surface area contributed by atoms with Crippen LogP contribution in [0.2, 0.25) is 0 Å². The number of aromatic nitrogens is 1. The van der Waals surface area contributed by atoms with Crippen LogP contribution in [0.25, 0.3) is 0 Å². The van der Waals surface area contributed by atoms with Gasteiger partial charge in [-0.2, -0.15) is 13.2 Å². The van der Waals surface area contributed by atoms with Gasteiger partial charge in [-0.3, -0.25) is 19.4 Å². The van der Waals surface area contributed by atoms with E-state index >= 15 is 0 Å². The van der Waals surface area contributed by atoms with E-state index in [1.807, 2.05) is 0 Å². The summed E-state index contributed by atoms with van der Waals surface area (Å²) in [5.74, 6) is -2.74. The summed E-state index contributed by atoms with van der Waals surface area (Å²) in [4.78, 5) is 41.7. The Labute approximate surface area is 152 Å². The highest BCUT2D eigenvalue weighted by atomic mass is 19.4. The number of pyridine rings is 1. The molecule has 7 nitrogen and oxygen atoms in total. The van der Waals surface area contributed by atoms with Gasteiger partial charge < -0.3 is 14.9 Å². The Morgan fingerprint density at radius 1 is 1.22 bits per heavy atom. The summed E-state index contributed by atoms with van der Waals surface area (Å²) in [5.41, 5.74) is -1.71. The molecule has 10 heteroatoms. The molecular weight excluding hydrogens is 367 g/mol. The molecule has 3 heterocycles. The molecule has 2 saturated heterocycles. The molecule has 1 atom stereocenters. The Balaban J connectivity index is 1.66. The standard InChI is InChI=1S/C17H18F3N3O4/c18-17(19,20)14-12(2-1-5-21-14)15(25)22-6-3-11(4-7-22)23-9-10(16(26)27)8-13(23)24/h1-2,5,10-11H,3-4,6-9H2,(H,26,27). The van der Waals surface area contributed by atoms with Crippen molar-refractivity contribution in [3.8, 4) is 0 Å². The molecule has 1 aromatic rings. The van der Waals surface area contributed by atoms with Crippen LogP contribution in [0.1, 0.15) is 35.3 Å². The molecule has 27 heavy (non-hydrogen) atoms. The van der Waals surface area contributed by atoms with Gasteiger partial charge in [0, 0.05) is 38.3 Å². The molecule has 2 amide bonds. The molecule has 0 bridgehead atoms. The second-order valence-electron chi connectivity index (χ2n) is 6.71. The highest BCUT2D eigenvalue weighted by Gasteiger charge is 2.41. The van der Waals surface area contributed by atoms with Crippen LogP contribution in [-0.2, 0) is 15.8 Å². The number of rotatable bonds is 3. The van der Waals surface area contributed by atoms with Crippen LogP contribution in [0.5, 0.6) is 0 Å². The van der Waals surface area contributed by atoms with Crippen molar-refractivity contribution in [3.05, 3.63) is 29.6 Å². The van der Waals surface area contributed by atoms with Crippen molar-refractivity contribution in [2.24, 2.45) is 5.92 Å². The van der Waals surface area contributed by atoms with Gasteiger partial charge in [-0.15, -0.1) is 0 Å². The number of carboxylic acids is 1. The first-order valence-corrected chi connectivity index (χ1v) is 8.52. The lowest BCUT2D eigenvalue weighted by atomic mass is 10.0. The highest BCUT2D eigenvalue weighted by molar-refractivity contribution is 5.95. The van der Waals surface area contributed by atoms with E-state index in [-0.39, 0.29) is 38.0 Å². The lowest BCUT2D eigenvalue weighted by Crippen LogP contribution is -2.47. The molecule has 1 unspecified atom stereocenters. The van der Waals surface area contributed by atoms with E-state index < -0.39 is 35.2 Å². The molecule has 2 aliphatic rings. The molecule has 0 radical (unpaired) electrons. The van der Waals surface area contributed by atoms with Gasteiger partial charge >= 0.3 is 12.1 Å². The predicted octanol–water partition coefficient (Wildman–Crippen LogP) is 1.64. The zero-order valence-electron chi connectivity index (χ0n) is 14.3. The lowest BCUT2D eigenvalue weighted by molar-refractivity contribution is -0.142. The average molecular weight is 385 g/mol.